The Hall–Kier alpha value is -1.93. The topological polar surface area (TPSA) is 20.3 Å². The van der Waals surface area contributed by atoms with E-state index >= 15 is 0 Å². The third-order valence-electron chi connectivity index (χ3n) is 4.10. The Morgan fingerprint density at radius 2 is 1.65 bits per heavy atom. The van der Waals surface area contributed by atoms with Crippen LogP contribution >= 0.6 is 0 Å². The standard InChI is InChI=1S/C18H19NO/c1-14-12-17(18(20)16-10-6-3-7-11-16)19(14)13-15-8-4-2-5-9-15/h2-11,14,17H,12-13H2,1H3. The highest BCUT2D eigenvalue weighted by Crippen LogP contribution is 2.30. The molecule has 1 aliphatic rings. The molecule has 20 heavy (non-hydrogen) atoms. The van der Waals surface area contributed by atoms with Gasteiger partial charge in [-0.1, -0.05) is 60.7 Å². The number of ketones is 1. The van der Waals surface area contributed by atoms with Crippen molar-refractivity contribution in [3.05, 3.63) is 71.8 Å². The van der Waals surface area contributed by atoms with Gasteiger partial charge in [-0.15, -0.1) is 0 Å². The van der Waals surface area contributed by atoms with Gasteiger partial charge in [0.05, 0.1) is 6.04 Å². The van der Waals surface area contributed by atoms with Crippen molar-refractivity contribution in [2.45, 2.75) is 32.0 Å². The van der Waals surface area contributed by atoms with E-state index in [0.717, 1.165) is 18.5 Å². The highest BCUT2D eigenvalue weighted by atomic mass is 16.1. The average molecular weight is 265 g/mol. The molecule has 1 heterocycles. The van der Waals surface area contributed by atoms with E-state index in [4.69, 9.17) is 0 Å². The van der Waals surface area contributed by atoms with E-state index in [2.05, 4.69) is 24.0 Å². The largest absolute Gasteiger partial charge is 0.292 e. The molecule has 2 aromatic rings. The van der Waals surface area contributed by atoms with Gasteiger partial charge in [-0.2, -0.15) is 0 Å². The summed E-state index contributed by atoms with van der Waals surface area (Å²) in [7, 11) is 0. The van der Waals surface area contributed by atoms with Crippen LogP contribution in [0.1, 0.15) is 29.3 Å². The van der Waals surface area contributed by atoms with Crippen molar-refractivity contribution >= 4 is 5.78 Å². The first-order valence-corrected chi connectivity index (χ1v) is 7.14. The summed E-state index contributed by atoms with van der Waals surface area (Å²) in [5.41, 5.74) is 2.09. The lowest BCUT2D eigenvalue weighted by molar-refractivity contribution is 0.0197. The Morgan fingerprint density at radius 1 is 1.05 bits per heavy atom. The summed E-state index contributed by atoms with van der Waals surface area (Å²) in [5.74, 6) is 0.250. The zero-order valence-electron chi connectivity index (χ0n) is 11.7. The van der Waals surface area contributed by atoms with E-state index in [1.54, 1.807) is 0 Å². The second-order valence-corrected chi connectivity index (χ2v) is 5.49. The van der Waals surface area contributed by atoms with Gasteiger partial charge in [0.15, 0.2) is 5.78 Å². The number of nitrogens with zero attached hydrogens (tertiary/aromatic N) is 1. The summed E-state index contributed by atoms with van der Waals surface area (Å²) < 4.78 is 0. The molecule has 0 saturated carbocycles. The van der Waals surface area contributed by atoms with Gasteiger partial charge in [0.1, 0.15) is 0 Å². The van der Waals surface area contributed by atoms with E-state index in [1.165, 1.54) is 5.56 Å². The van der Waals surface area contributed by atoms with Gasteiger partial charge in [-0.25, -0.2) is 0 Å². The van der Waals surface area contributed by atoms with Gasteiger partial charge in [-0.3, -0.25) is 9.69 Å². The van der Waals surface area contributed by atoms with Crippen molar-refractivity contribution in [3.63, 3.8) is 0 Å². The van der Waals surface area contributed by atoms with E-state index < -0.39 is 0 Å². The number of likely N-dealkylation sites (tertiary alicyclic amines) is 1. The number of rotatable bonds is 4. The molecule has 2 nitrogen and oxygen atoms in total. The number of benzene rings is 2. The molecule has 2 heteroatoms. The van der Waals surface area contributed by atoms with Gasteiger partial charge >= 0.3 is 0 Å². The molecule has 102 valence electrons. The number of carbonyl (C=O) groups excluding carboxylic acids is 1. The molecule has 0 bridgehead atoms. The molecule has 0 aromatic heterocycles. The minimum absolute atomic E-state index is 0.0348. The van der Waals surface area contributed by atoms with Crippen LogP contribution in [0, 0.1) is 0 Å². The monoisotopic (exact) mass is 265 g/mol. The third-order valence-corrected chi connectivity index (χ3v) is 4.10. The Kier molecular flexibility index (Phi) is 3.66. The molecule has 1 aliphatic heterocycles. The summed E-state index contributed by atoms with van der Waals surface area (Å²) in [6, 6.07) is 20.5. The highest BCUT2D eigenvalue weighted by molar-refractivity contribution is 6.00. The second-order valence-electron chi connectivity index (χ2n) is 5.49. The van der Waals surface area contributed by atoms with Crippen LogP contribution in [0.2, 0.25) is 0 Å². The molecule has 1 fully saturated rings. The molecule has 0 N–H and O–H groups in total. The van der Waals surface area contributed by atoms with Crippen molar-refractivity contribution in [2.75, 3.05) is 0 Å². The predicted octanol–water partition coefficient (Wildman–Crippen LogP) is 3.53. The van der Waals surface area contributed by atoms with Crippen LogP contribution in [0.15, 0.2) is 60.7 Å². The SMILES string of the molecule is CC1CC(C(=O)c2ccccc2)N1Cc1ccccc1. The fourth-order valence-electron chi connectivity index (χ4n) is 2.88. The van der Waals surface area contributed by atoms with Crippen molar-refractivity contribution in [1.29, 1.82) is 0 Å². The van der Waals surface area contributed by atoms with Crippen molar-refractivity contribution < 1.29 is 4.79 Å². The van der Waals surface area contributed by atoms with E-state index in [-0.39, 0.29) is 11.8 Å². The van der Waals surface area contributed by atoms with Crippen LogP contribution in [-0.2, 0) is 6.54 Å². The van der Waals surface area contributed by atoms with E-state index in [1.807, 2.05) is 48.5 Å². The number of Topliss-reactive ketones (excluding diaryl/α,β-unsaturated/α-hetero) is 1. The Balaban J connectivity index is 1.73. The zero-order valence-corrected chi connectivity index (χ0v) is 11.7. The molecule has 0 aliphatic carbocycles. The Labute approximate surface area is 120 Å². The van der Waals surface area contributed by atoms with Crippen LogP contribution in [0.3, 0.4) is 0 Å². The molecule has 2 aromatic carbocycles. The average Bonchev–Trinajstić information content (AvgIpc) is 2.51. The van der Waals surface area contributed by atoms with Crippen LogP contribution < -0.4 is 0 Å². The summed E-state index contributed by atoms with van der Waals surface area (Å²) in [5, 5.41) is 0. The molecule has 0 amide bonds. The Morgan fingerprint density at radius 3 is 2.25 bits per heavy atom. The summed E-state index contributed by atoms with van der Waals surface area (Å²) in [4.78, 5) is 14.8. The van der Waals surface area contributed by atoms with Gasteiger partial charge in [0.2, 0.25) is 0 Å². The maximum atomic E-state index is 12.5. The van der Waals surface area contributed by atoms with Gasteiger partial charge in [0.25, 0.3) is 0 Å². The maximum absolute atomic E-state index is 12.5. The summed E-state index contributed by atoms with van der Waals surface area (Å²) >= 11 is 0. The zero-order chi connectivity index (χ0) is 13.9. The van der Waals surface area contributed by atoms with Crippen LogP contribution in [-0.4, -0.2) is 22.8 Å². The van der Waals surface area contributed by atoms with Gasteiger partial charge in [-0.05, 0) is 18.9 Å². The van der Waals surface area contributed by atoms with E-state index in [9.17, 15) is 4.79 Å². The fraction of sp³-hybridized carbons (Fsp3) is 0.278. The quantitative estimate of drug-likeness (QED) is 0.788. The lowest BCUT2D eigenvalue weighted by Gasteiger charge is -2.46. The number of carbonyl (C=O) groups is 1. The third kappa shape index (κ3) is 2.52. The Bertz CT molecular complexity index is 579. The molecule has 2 unspecified atom stereocenters. The minimum atomic E-state index is 0.0348. The van der Waals surface area contributed by atoms with E-state index in [0.29, 0.717) is 6.04 Å². The van der Waals surface area contributed by atoms with Crippen LogP contribution in [0.4, 0.5) is 0 Å². The molecular formula is C18H19NO. The highest BCUT2D eigenvalue weighted by Gasteiger charge is 2.39. The molecular weight excluding hydrogens is 246 g/mol. The van der Waals surface area contributed by atoms with Crippen molar-refractivity contribution in [1.82, 2.24) is 4.90 Å². The molecule has 0 radical (unpaired) electrons. The predicted molar refractivity (Wildman–Crippen MR) is 80.6 cm³/mol. The number of hydrogen-bond acceptors (Lipinski definition) is 2. The number of hydrogen-bond donors (Lipinski definition) is 0. The summed E-state index contributed by atoms with van der Waals surface area (Å²) in [6.45, 7) is 3.04. The molecule has 0 spiro atoms. The van der Waals surface area contributed by atoms with Gasteiger partial charge < -0.3 is 0 Å². The van der Waals surface area contributed by atoms with Crippen LogP contribution in [0.25, 0.3) is 0 Å². The second kappa shape index (κ2) is 5.59. The fourth-order valence-corrected chi connectivity index (χ4v) is 2.88. The first-order chi connectivity index (χ1) is 9.75. The lowest BCUT2D eigenvalue weighted by Crippen LogP contribution is -2.57. The first kappa shape index (κ1) is 13.1. The molecule has 1 saturated heterocycles. The normalized spacial score (nSPS) is 22.2. The minimum Gasteiger partial charge on any atom is -0.292 e. The summed E-state index contributed by atoms with van der Waals surface area (Å²) in [6.07, 6.45) is 0.959. The van der Waals surface area contributed by atoms with Crippen molar-refractivity contribution in [2.24, 2.45) is 0 Å². The van der Waals surface area contributed by atoms with Crippen molar-refractivity contribution in [3.8, 4) is 0 Å². The van der Waals surface area contributed by atoms with Crippen LogP contribution in [0.5, 0.6) is 0 Å². The smallest absolute Gasteiger partial charge is 0.180 e. The van der Waals surface area contributed by atoms with Gasteiger partial charge in [0, 0.05) is 18.2 Å². The molecule has 2 atom stereocenters. The lowest BCUT2D eigenvalue weighted by atomic mass is 9.87. The maximum Gasteiger partial charge on any atom is 0.180 e. The molecule has 3 rings (SSSR count). The first-order valence-electron chi connectivity index (χ1n) is 7.14.